The van der Waals surface area contributed by atoms with E-state index < -0.39 is 6.04 Å². The van der Waals surface area contributed by atoms with Gasteiger partial charge >= 0.3 is 0 Å². The first-order valence-corrected chi connectivity index (χ1v) is 7.23. The van der Waals surface area contributed by atoms with Gasteiger partial charge in [-0.25, -0.2) is 0 Å². The molecule has 0 spiro atoms. The van der Waals surface area contributed by atoms with E-state index in [9.17, 15) is 9.59 Å². The minimum Gasteiger partial charge on any atom is -0.340 e. The van der Waals surface area contributed by atoms with E-state index in [0.29, 0.717) is 15.6 Å². The van der Waals surface area contributed by atoms with Crippen molar-refractivity contribution in [2.75, 3.05) is 5.32 Å². The first-order chi connectivity index (χ1) is 9.58. The molecule has 1 heterocycles. The van der Waals surface area contributed by atoms with E-state index >= 15 is 0 Å². The van der Waals surface area contributed by atoms with Gasteiger partial charge in [0.15, 0.2) is 0 Å². The predicted molar refractivity (Wildman–Crippen MR) is 81.3 cm³/mol. The Hall–Kier alpha value is -1.85. The number of hydrogen-bond donors (Lipinski definition) is 2. The summed E-state index contributed by atoms with van der Waals surface area (Å²) in [6, 6.07) is 9.78. The maximum Gasteiger partial charge on any atom is 0.261 e. The molecule has 1 unspecified atom stereocenters. The fourth-order valence-electron chi connectivity index (χ4n) is 1.54. The van der Waals surface area contributed by atoms with Crippen molar-refractivity contribution in [3.05, 3.63) is 51.7 Å². The lowest BCUT2D eigenvalue weighted by Crippen LogP contribution is -2.41. The smallest absolute Gasteiger partial charge is 0.261 e. The first kappa shape index (κ1) is 14.6. The lowest BCUT2D eigenvalue weighted by atomic mass is 10.2. The molecular weight excluding hydrogens is 296 g/mol. The number of rotatable bonds is 4. The van der Waals surface area contributed by atoms with Crippen LogP contribution in [0.2, 0.25) is 5.02 Å². The number of anilines is 1. The molecule has 0 aliphatic rings. The lowest BCUT2D eigenvalue weighted by Gasteiger charge is -2.14. The van der Waals surface area contributed by atoms with Crippen LogP contribution in [0.15, 0.2) is 41.8 Å². The van der Waals surface area contributed by atoms with Crippen LogP contribution in [0.25, 0.3) is 0 Å². The van der Waals surface area contributed by atoms with Gasteiger partial charge < -0.3 is 10.6 Å². The second kappa shape index (κ2) is 6.54. The third-order valence-electron chi connectivity index (χ3n) is 2.62. The van der Waals surface area contributed by atoms with E-state index in [1.165, 1.54) is 11.3 Å². The van der Waals surface area contributed by atoms with Gasteiger partial charge in [0, 0.05) is 0 Å². The molecule has 2 amide bonds. The van der Waals surface area contributed by atoms with Crippen LogP contribution in [-0.2, 0) is 4.79 Å². The molecule has 2 rings (SSSR count). The highest BCUT2D eigenvalue weighted by molar-refractivity contribution is 7.12. The number of benzene rings is 1. The van der Waals surface area contributed by atoms with Gasteiger partial charge in [-0.05, 0) is 30.5 Å². The van der Waals surface area contributed by atoms with Crippen LogP contribution < -0.4 is 10.6 Å². The largest absolute Gasteiger partial charge is 0.340 e. The fourth-order valence-corrected chi connectivity index (χ4v) is 2.35. The van der Waals surface area contributed by atoms with Gasteiger partial charge in [0.1, 0.15) is 6.04 Å². The maximum atomic E-state index is 12.0. The van der Waals surface area contributed by atoms with Crippen LogP contribution in [0.4, 0.5) is 5.69 Å². The number of hydrogen-bond acceptors (Lipinski definition) is 3. The number of para-hydroxylation sites is 1. The minimum atomic E-state index is -0.652. The van der Waals surface area contributed by atoms with Gasteiger partial charge in [0.05, 0.1) is 15.6 Å². The van der Waals surface area contributed by atoms with Crippen molar-refractivity contribution in [1.82, 2.24) is 5.32 Å². The number of halogens is 1. The van der Waals surface area contributed by atoms with Gasteiger partial charge in [0.2, 0.25) is 5.91 Å². The molecule has 0 bridgehead atoms. The Bertz CT molecular complexity index is 613. The van der Waals surface area contributed by atoms with Gasteiger partial charge in [-0.2, -0.15) is 0 Å². The zero-order valence-corrected chi connectivity index (χ0v) is 12.3. The van der Waals surface area contributed by atoms with Crippen molar-refractivity contribution in [3.8, 4) is 0 Å². The van der Waals surface area contributed by atoms with Crippen molar-refractivity contribution in [2.24, 2.45) is 0 Å². The van der Waals surface area contributed by atoms with E-state index in [2.05, 4.69) is 10.6 Å². The van der Waals surface area contributed by atoms with Crippen molar-refractivity contribution in [1.29, 1.82) is 0 Å². The molecule has 4 nitrogen and oxygen atoms in total. The molecule has 0 aliphatic carbocycles. The van der Waals surface area contributed by atoms with Crippen LogP contribution in [0.3, 0.4) is 0 Å². The van der Waals surface area contributed by atoms with Gasteiger partial charge in [-0.3, -0.25) is 9.59 Å². The molecule has 0 radical (unpaired) electrons. The molecular formula is C14H13ClN2O2S. The zero-order valence-electron chi connectivity index (χ0n) is 10.7. The van der Waals surface area contributed by atoms with Gasteiger partial charge in [-0.1, -0.05) is 29.8 Å². The van der Waals surface area contributed by atoms with E-state index in [0.717, 1.165) is 0 Å². The van der Waals surface area contributed by atoms with Crippen molar-refractivity contribution >= 4 is 40.4 Å². The fraction of sp³-hybridized carbons (Fsp3) is 0.143. The average molecular weight is 309 g/mol. The first-order valence-electron chi connectivity index (χ1n) is 5.97. The van der Waals surface area contributed by atoms with Crippen molar-refractivity contribution in [3.63, 3.8) is 0 Å². The second-order valence-electron chi connectivity index (χ2n) is 4.14. The Morgan fingerprint density at radius 3 is 2.60 bits per heavy atom. The third-order valence-corrected chi connectivity index (χ3v) is 3.82. The highest BCUT2D eigenvalue weighted by Gasteiger charge is 2.17. The summed E-state index contributed by atoms with van der Waals surface area (Å²) in [5.41, 5.74) is 0.524. The maximum absolute atomic E-state index is 12.0. The third kappa shape index (κ3) is 3.59. The molecule has 104 valence electrons. The second-order valence-corrected chi connectivity index (χ2v) is 5.50. The molecule has 6 heteroatoms. The Morgan fingerprint density at radius 1 is 1.20 bits per heavy atom. The number of carbonyl (C=O) groups excluding carboxylic acids is 2. The van der Waals surface area contributed by atoms with Crippen LogP contribution in [0, 0.1) is 0 Å². The summed E-state index contributed by atoms with van der Waals surface area (Å²) < 4.78 is 0. The molecule has 2 N–H and O–H groups in total. The molecule has 0 aliphatic heterocycles. The normalized spacial score (nSPS) is 11.7. The molecule has 2 aromatic rings. The monoisotopic (exact) mass is 308 g/mol. The quantitative estimate of drug-likeness (QED) is 0.911. The van der Waals surface area contributed by atoms with E-state index in [1.807, 2.05) is 5.38 Å². The Morgan fingerprint density at radius 2 is 1.95 bits per heavy atom. The Labute approximate surface area is 125 Å². The summed E-state index contributed by atoms with van der Waals surface area (Å²) in [5.74, 6) is -0.579. The number of carbonyl (C=O) groups is 2. The molecule has 1 atom stereocenters. The number of amides is 2. The topological polar surface area (TPSA) is 58.2 Å². The summed E-state index contributed by atoms with van der Waals surface area (Å²) in [4.78, 5) is 24.4. The highest BCUT2D eigenvalue weighted by Crippen LogP contribution is 2.20. The molecule has 1 aromatic carbocycles. The van der Waals surface area contributed by atoms with E-state index in [-0.39, 0.29) is 11.8 Å². The van der Waals surface area contributed by atoms with E-state index in [1.54, 1.807) is 43.3 Å². The predicted octanol–water partition coefficient (Wildman–Crippen LogP) is 3.16. The van der Waals surface area contributed by atoms with Crippen LogP contribution in [0.5, 0.6) is 0 Å². The Balaban J connectivity index is 1.96. The molecule has 0 fully saturated rings. The van der Waals surface area contributed by atoms with Gasteiger partial charge in [0.25, 0.3) is 5.91 Å². The summed E-state index contributed by atoms with van der Waals surface area (Å²) in [6.45, 7) is 1.62. The Kier molecular flexibility index (Phi) is 4.76. The van der Waals surface area contributed by atoms with Crippen molar-refractivity contribution < 1.29 is 9.59 Å². The summed E-state index contributed by atoms with van der Waals surface area (Å²) in [5, 5.41) is 7.58. The van der Waals surface area contributed by atoms with E-state index in [4.69, 9.17) is 11.6 Å². The molecule has 20 heavy (non-hydrogen) atoms. The molecule has 0 saturated carbocycles. The SMILES string of the molecule is CC(NC(=O)c1cccs1)C(=O)Nc1ccccc1Cl. The summed E-state index contributed by atoms with van der Waals surface area (Å²) >= 11 is 7.29. The summed E-state index contributed by atoms with van der Waals surface area (Å²) in [7, 11) is 0. The average Bonchev–Trinajstić information content (AvgIpc) is 2.95. The highest BCUT2D eigenvalue weighted by atomic mass is 35.5. The minimum absolute atomic E-state index is 0.262. The molecule has 1 aromatic heterocycles. The molecule has 0 saturated heterocycles. The standard InChI is InChI=1S/C14H13ClN2O2S/c1-9(16-14(19)12-7-4-8-20-12)13(18)17-11-6-3-2-5-10(11)15/h2-9H,1H3,(H,16,19)(H,17,18). The van der Waals surface area contributed by atoms with Crippen molar-refractivity contribution in [2.45, 2.75) is 13.0 Å². The zero-order chi connectivity index (χ0) is 14.5. The number of thiophene rings is 1. The van der Waals surface area contributed by atoms with Gasteiger partial charge in [-0.15, -0.1) is 11.3 Å². The lowest BCUT2D eigenvalue weighted by molar-refractivity contribution is -0.117. The number of nitrogens with one attached hydrogen (secondary N) is 2. The summed E-state index contributed by atoms with van der Waals surface area (Å²) in [6.07, 6.45) is 0. The van der Waals surface area contributed by atoms with Crippen LogP contribution >= 0.6 is 22.9 Å². The van der Waals surface area contributed by atoms with Crippen LogP contribution in [-0.4, -0.2) is 17.9 Å². The van der Waals surface area contributed by atoms with Crippen LogP contribution in [0.1, 0.15) is 16.6 Å².